The Balaban J connectivity index is 1.67. The summed E-state index contributed by atoms with van der Waals surface area (Å²) >= 11 is 0. The van der Waals surface area contributed by atoms with Crippen LogP contribution in [0.1, 0.15) is 51.0 Å². The lowest BCUT2D eigenvalue weighted by Crippen LogP contribution is -2.58. The number of benzene rings is 1. The molecule has 1 saturated carbocycles. The summed E-state index contributed by atoms with van der Waals surface area (Å²) in [6.45, 7) is 5.27. The zero-order chi connectivity index (χ0) is 20.0. The largest absolute Gasteiger partial charge is 0.375 e. The van der Waals surface area contributed by atoms with Crippen LogP contribution in [0, 0.1) is 11.3 Å². The van der Waals surface area contributed by atoms with Crippen LogP contribution >= 0.6 is 0 Å². The number of carbonyl (C=O) groups is 1. The smallest absolute Gasteiger partial charge is 0.259 e. The van der Waals surface area contributed by atoms with Gasteiger partial charge in [0.05, 0.1) is 0 Å². The molecule has 3 N–H and O–H groups in total. The van der Waals surface area contributed by atoms with Gasteiger partial charge in [-0.25, -0.2) is 0 Å². The molecule has 2 fully saturated rings. The lowest BCUT2D eigenvalue weighted by molar-refractivity contribution is -0.160. The lowest BCUT2D eigenvalue weighted by Gasteiger charge is -2.42. The first-order valence-electron chi connectivity index (χ1n) is 10.7. The second-order valence-electron chi connectivity index (χ2n) is 8.02. The fraction of sp³-hybridized carbons (Fsp3) is 0.636. The van der Waals surface area contributed by atoms with Crippen LogP contribution in [-0.4, -0.2) is 59.5 Å². The zero-order valence-electron chi connectivity index (χ0n) is 17.0. The molecule has 6 heteroatoms. The molecule has 1 aliphatic heterocycles. The molecular formula is C22H34N4O2. The predicted octanol–water partition coefficient (Wildman–Crippen LogP) is 2.53. The third-order valence-electron chi connectivity index (χ3n) is 6.19. The molecule has 6 nitrogen and oxygen atoms in total. The van der Waals surface area contributed by atoms with Crippen molar-refractivity contribution in [2.45, 2.75) is 51.0 Å². The van der Waals surface area contributed by atoms with E-state index in [4.69, 9.17) is 5.41 Å². The molecule has 1 amide bonds. The first-order valence-corrected chi connectivity index (χ1v) is 10.7. The third-order valence-corrected chi connectivity index (χ3v) is 6.19. The standard InChI is InChI=1S/C22H34N4O2/c1-2-3-13-24-21(23)26-16-14-25(15-17-26)20(27)22(28,19-11-7-8-12-19)18-9-5-4-6-10-18/h4-6,9-10,19,28H,2-3,7-8,11-17H2,1H3,(H2,23,24)/t22-/m0/s1. The van der Waals surface area contributed by atoms with Crippen LogP contribution in [0.3, 0.4) is 0 Å². The van der Waals surface area contributed by atoms with E-state index in [1.54, 1.807) is 4.90 Å². The van der Waals surface area contributed by atoms with Crippen molar-refractivity contribution in [1.82, 2.24) is 15.1 Å². The van der Waals surface area contributed by atoms with Crippen LogP contribution in [0.2, 0.25) is 0 Å². The Labute approximate surface area is 168 Å². The molecule has 154 valence electrons. The van der Waals surface area contributed by atoms with Gasteiger partial charge in [0.15, 0.2) is 11.6 Å². The van der Waals surface area contributed by atoms with E-state index in [1.165, 1.54) is 0 Å². The quantitative estimate of drug-likeness (QED) is 0.399. The molecule has 1 heterocycles. The molecule has 1 saturated heterocycles. The Morgan fingerprint density at radius 1 is 1.14 bits per heavy atom. The number of unbranched alkanes of at least 4 members (excludes halogenated alkanes) is 1. The van der Waals surface area contributed by atoms with Crippen molar-refractivity contribution in [3.63, 3.8) is 0 Å². The second-order valence-corrected chi connectivity index (χ2v) is 8.02. The number of hydrogen-bond acceptors (Lipinski definition) is 3. The number of rotatable bonds is 6. The average Bonchev–Trinajstić information content (AvgIpc) is 3.29. The predicted molar refractivity (Wildman–Crippen MR) is 111 cm³/mol. The van der Waals surface area contributed by atoms with Gasteiger partial charge in [-0.15, -0.1) is 0 Å². The Hall–Kier alpha value is -2.08. The minimum Gasteiger partial charge on any atom is -0.375 e. The highest BCUT2D eigenvalue weighted by molar-refractivity contribution is 5.87. The molecule has 2 aliphatic rings. The molecule has 0 unspecified atom stereocenters. The molecule has 1 aromatic rings. The maximum Gasteiger partial charge on any atom is 0.259 e. The SMILES string of the molecule is CCCCNC(=N)N1CCN(C(=O)[C@](O)(c2ccccc2)C2CCCC2)CC1. The molecule has 1 aromatic carbocycles. The van der Waals surface area contributed by atoms with E-state index in [0.29, 0.717) is 37.7 Å². The van der Waals surface area contributed by atoms with E-state index in [9.17, 15) is 9.90 Å². The summed E-state index contributed by atoms with van der Waals surface area (Å²) in [6, 6.07) is 9.45. The van der Waals surface area contributed by atoms with Crippen LogP contribution < -0.4 is 5.32 Å². The van der Waals surface area contributed by atoms with E-state index >= 15 is 0 Å². The van der Waals surface area contributed by atoms with E-state index in [2.05, 4.69) is 12.2 Å². The van der Waals surface area contributed by atoms with Crippen LogP contribution in [0.25, 0.3) is 0 Å². The molecule has 28 heavy (non-hydrogen) atoms. The molecular weight excluding hydrogens is 352 g/mol. The zero-order valence-corrected chi connectivity index (χ0v) is 17.0. The van der Waals surface area contributed by atoms with Crippen LogP contribution in [0.4, 0.5) is 0 Å². The monoisotopic (exact) mass is 386 g/mol. The summed E-state index contributed by atoms with van der Waals surface area (Å²) in [7, 11) is 0. The van der Waals surface area contributed by atoms with Gasteiger partial charge in [0.1, 0.15) is 0 Å². The van der Waals surface area contributed by atoms with Crippen molar-refractivity contribution in [3.05, 3.63) is 35.9 Å². The number of nitrogens with zero attached hydrogens (tertiary/aromatic N) is 2. The van der Waals surface area contributed by atoms with Gasteiger partial charge in [-0.1, -0.05) is 56.5 Å². The maximum atomic E-state index is 13.5. The van der Waals surface area contributed by atoms with E-state index in [-0.39, 0.29) is 11.8 Å². The van der Waals surface area contributed by atoms with E-state index in [1.807, 2.05) is 35.2 Å². The minimum absolute atomic E-state index is 0.0190. The Morgan fingerprint density at radius 2 is 1.75 bits per heavy atom. The minimum atomic E-state index is -1.44. The number of nitrogens with one attached hydrogen (secondary N) is 2. The highest BCUT2D eigenvalue weighted by atomic mass is 16.3. The van der Waals surface area contributed by atoms with Crippen molar-refractivity contribution in [3.8, 4) is 0 Å². The number of amides is 1. The average molecular weight is 387 g/mol. The second kappa shape index (κ2) is 9.41. The van der Waals surface area contributed by atoms with Gasteiger partial charge >= 0.3 is 0 Å². The lowest BCUT2D eigenvalue weighted by atomic mass is 9.79. The molecule has 0 radical (unpaired) electrons. The number of carbonyl (C=O) groups excluding carboxylic acids is 1. The number of hydrogen-bond donors (Lipinski definition) is 3. The summed E-state index contributed by atoms with van der Waals surface area (Å²) in [5.41, 5.74) is -0.726. The van der Waals surface area contributed by atoms with Gasteiger partial charge in [-0.3, -0.25) is 10.2 Å². The highest BCUT2D eigenvalue weighted by Gasteiger charge is 2.48. The Bertz CT molecular complexity index is 652. The molecule has 0 bridgehead atoms. The van der Waals surface area contributed by atoms with Gasteiger partial charge in [-0.05, 0) is 24.8 Å². The summed E-state index contributed by atoms with van der Waals surface area (Å²) in [6.07, 6.45) is 6.07. The van der Waals surface area contributed by atoms with Gasteiger partial charge in [0.25, 0.3) is 5.91 Å². The normalized spacial score (nSPS) is 20.1. The Morgan fingerprint density at radius 3 is 2.36 bits per heavy atom. The molecule has 0 aromatic heterocycles. The van der Waals surface area contributed by atoms with Gasteiger partial charge in [-0.2, -0.15) is 0 Å². The van der Waals surface area contributed by atoms with Crippen molar-refractivity contribution in [2.75, 3.05) is 32.7 Å². The number of guanidine groups is 1. The van der Waals surface area contributed by atoms with Crippen molar-refractivity contribution in [2.24, 2.45) is 5.92 Å². The number of aliphatic hydroxyl groups is 1. The molecule has 1 atom stereocenters. The fourth-order valence-corrected chi connectivity index (χ4v) is 4.44. The molecule has 1 aliphatic carbocycles. The van der Waals surface area contributed by atoms with Crippen molar-refractivity contribution in [1.29, 1.82) is 5.41 Å². The fourth-order valence-electron chi connectivity index (χ4n) is 4.44. The maximum absolute atomic E-state index is 13.5. The summed E-state index contributed by atoms with van der Waals surface area (Å²) < 4.78 is 0. The van der Waals surface area contributed by atoms with Gasteiger partial charge in [0.2, 0.25) is 0 Å². The van der Waals surface area contributed by atoms with Crippen LogP contribution in [0.5, 0.6) is 0 Å². The third kappa shape index (κ3) is 4.32. The first kappa shape index (κ1) is 20.6. The van der Waals surface area contributed by atoms with Crippen LogP contribution in [0.15, 0.2) is 30.3 Å². The topological polar surface area (TPSA) is 79.7 Å². The number of piperazine rings is 1. The van der Waals surface area contributed by atoms with Gasteiger partial charge < -0.3 is 20.2 Å². The van der Waals surface area contributed by atoms with E-state index < -0.39 is 5.60 Å². The first-order chi connectivity index (χ1) is 13.6. The van der Waals surface area contributed by atoms with Crippen molar-refractivity contribution < 1.29 is 9.90 Å². The summed E-state index contributed by atoms with van der Waals surface area (Å²) in [4.78, 5) is 17.3. The van der Waals surface area contributed by atoms with Crippen molar-refractivity contribution >= 4 is 11.9 Å². The van der Waals surface area contributed by atoms with Crippen LogP contribution in [-0.2, 0) is 10.4 Å². The van der Waals surface area contributed by atoms with Gasteiger partial charge in [0, 0.05) is 38.6 Å². The van der Waals surface area contributed by atoms with E-state index in [0.717, 1.165) is 45.1 Å². The molecule has 3 rings (SSSR count). The summed E-state index contributed by atoms with van der Waals surface area (Å²) in [5, 5.41) is 23.0. The molecule has 0 spiro atoms. The Kier molecular flexibility index (Phi) is 6.94. The summed E-state index contributed by atoms with van der Waals surface area (Å²) in [5.74, 6) is 0.250. The highest BCUT2D eigenvalue weighted by Crippen LogP contribution is 2.42.